The zero-order chi connectivity index (χ0) is 40.1. The van der Waals surface area contributed by atoms with Gasteiger partial charge in [-0.25, -0.2) is 26.3 Å². The molecule has 0 bridgehead atoms. The van der Waals surface area contributed by atoms with Crippen molar-refractivity contribution < 1.29 is 26.3 Å². The molecule has 0 spiro atoms. The van der Waals surface area contributed by atoms with Gasteiger partial charge in [0.05, 0.1) is 0 Å². The number of fused-ring (bicyclic) bond motifs is 3. The van der Waals surface area contributed by atoms with Gasteiger partial charge in [-0.1, -0.05) is 115 Å². The Morgan fingerprint density at radius 2 is 0.772 bits per heavy atom. The second-order valence-electron chi connectivity index (χ2n) is 15.5. The lowest BCUT2D eigenvalue weighted by Crippen LogP contribution is -2.25. The Balaban J connectivity index is 1.27. The van der Waals surface area contributed by atoms with Gasteiger partial charge in [-0.2, -0.15) is 0 Å². The summed E-state index contributed by atoms with van der Waals surface area (Å²) in [5, 5.41) is 0. The van der Waals surface area contributed by atoms with Crippen LogP contribution in [0.2, 0.25) is 0 Å². The van der Waals surface area contributed by atoms with Gasteiger partial charge in [0.1, 0.15) is 0 Å². The zero-order valence-electron chi connectivity index (χ0n) is 32.6. The van der Waals surface area contributed by atoms with Crippen LogP contribution in [-0.4, -0.2) is 0 Å². The van der Waals surface area contributed by atoms with Gasteiger partial charge in [0, 0.05) is 24.9 Å². The topological polar surface area (TPSA) is 0 Å². The molecule has 0 atom stereocenters. The second kappa shape index (κ2) is 18.2. The zero-order valence-corrected chi connectivity index (χ0v) is 34.2. The number of hydrogen-bond acceptors (Lipinski definition) is 2. The molecule has 0 aliphatic heterocycles. The SMILES string of the molecule is CCCCCCCCC1(CCCCCCCC)c2cc(-c3cc(F)c(F)c(F)c3)ccc2-c2ccc(-c3ccc(-c4ccc(-c5cc(F)c(F)c(F)c5)s4)s3)cc21. The van der Waals surface area contributed by atoms with Crippen molar-refractivity contribution in [2.45, 2.75) is 109 Å². The summed E-state index contributed by atoms with van der Waals surface area (Å²) in [6.45, 7) is 4.45. The second-order valence-corrected chi connectivity index (χ2v) is 17.6. The van der Waals surface area contributed by atoms with E-state index in [9.17, 15) is 26.3 Å². The average Bonchev–Trinajstić information content (AvgIpc) is 3.96. The third-order valence-electron chi connectivity index (χ3n) is 11.6. The molecule has 7 rings (SSSR count). The summed E-state index contributed by atoms with van der Waals surface area (Å²) in [6, 6.07) is 24.9. The molecule has 2 aromatic heterocycles. The van der Waals surface area contributed by atoms with Crippen molar-refractivity contribution in [3.05, 3.63) is 131 Å². The Kier molecular flexibility index (Phi) is 13.1. The molecule has 0 fully saturated rings. The number of unbranched alkanes of at least 4 members (excludes halogenated alkanes) is 10. The van der Waals surface area contributed by atoms with Gasteiger partial charge in [0.25, 0.3) is 0 Å². The van der Waals surface area contributed by atoms with Gasteiger partial charge >= 0.3 is 0 Å². The van der Waals surface area contributed by atoms with E-state index in [0.717, 1.165) is 88.5 Å². The van der Waals surface area contributed by atoms with Crippen molar-refractivity contribution in [1.82, 2.24) is 0 Å². The van der Waals surface area contributed by atoms with Crippen molar-refractivity contribution in [3.8, 4) is 52.9 Å². The molecule has 6 aromatic rings. The summed E-state index contributed by atoms with van der Waals surface area (Å²) in [6.07, 6.45) is 15.9. The van der Waals surface area contributed by atoms with Crippen LogP contribution in [-0.2, 0) is 5.41 Å². The van der Waals surface area contributed by atoms with Crippen LogP contribution in [0.1, 0.15) is 115 Å². The van der Waals surface area contributed by atoms with Gasteiger partial charge < -0.3 is 0 Å². The molecule has 298 valence electrons. The smallest absolute Gasteiger partial charge is 0.194 e. The van der Waals surface area contributed by atoms with E-state index in [2.05, 4.69) is 56.3 Å². The van der Waals surface area contributed by atoms with Gasteiger partial charge in [0.15, 0.2) is 34.9 Å². The van der Waals surface area contributed by atoms with E-state index in [0.29, 0.717) is 21.6 Å². The first-order valence-electron chi connectivity index (χ1n) is 20.4. The fourth-order valence-electron chi connectivity index (χ4n) is 8.58. The third-order valence-corrected chi connectivity index (χ3v) is 14.1. The fraction of sp³-hybridized carbons (Fsp3) is 0.347. The maximum Gasteiger partial charge on any atom is 0.194 e. The molecule has 2 heterocycles. The lowest BCUT2D eigenvalue weighted by atomic mass is 9.70. The Morgan fingerprint density at radius 3 is 1.26 bits per heavy atom. The van der Waals surface area contributed by atoms with Gasteiger partial charge in [-0.3, -0.25) is 0 Å². The van der Waals surface area contributed by atoms with Crippen molar-refractivity contribution in [2.75, 3.05) is 0 Å². The molecule has 0 saturated carbocycles. The fourth-order valence-corrected chi connectivity index (χ4v) is 10.7. The van der Waals surface area contributed by atoms with E-state index in [1.165, 1.54) is 79.4 Å². The molecule has 0 N–H and O–H groups in total. The monoisotopic (exact) mass is 814 g/mol. The maximum absolute atomic E-state index is 14.5. The minimum absolute atomic E-state index is 0.294. The van der Waals surface area contributed by atoms with Gasteiger partial charge in [0.2, 0.25) is 0 Å². The minimum atomic E-state index is -1.47. The highest BCUT2D eigenvalue weighted by Crippen LogP contribution is 2.56. The molecule has 0 saturated heterocycles. The molecule has 0 nitrogen and oxygen atoms in total. The number of hydrogen-bond donors (Lipinski definition) is 0. The highest BCUT2D eigenvalue weighted by atomic mass is 32.1. The number of rotatable bonds is 18. The molecule has 4 aromatic carbocycles. The first-order chi connectivity index (χ1) is 27.6. The standard InChI is InChI=1S/C49H48F6S2/c1-3-5-7-9-11-13-23-49(24-14-12-10-8-6-4-2)37-25-31(33-27-39(50)47(54)40(51)28-33)15-17-35(37)36-18-16-32(26-38(36)49)43-19-21-45(56-43)46-22-20-44(57-46)34-29-41(52)48(55)42(53)30-34/h15-22,25-30H,3-14,23-24H2,1-2H3. The molecule has 1 aliphatic carbocycles. The van der Waals surface area contributed by atoms with Crippen LogP contribution < -0.4 is 0 Å². The molecular formula is C49H48F6S2. The molecule has 0 radical (unpaired) electrons. The van der Waals surface area contributed by atoms with E-state index < -0.39 is 34.9 Å². The normalized spacial score (nSPS) is 13.0. The van der Waals surface area contributed by atoms with E-state index in [-0.39, 0.29) is 5.41 Å². The summed E-state index contributed by atoms with van der Waals surface area (Å²) in [4.78, 5) is 3.69. The number of benzene rings is 4. The molecule has 0 amide bonds. The molecule has 0 unspecified atom stereocenters. The highest BCUT2D eigenvalue weighted by molar-refractivity contribution is 7.25. The summed E-state index contributed by atoms with van der Waals surface area (Å²) in [7, 11) is 0. The van der Waals surface area contributed by atoms with E-state index >= 15 is 0 Å². The Morgan fingerprint density at radius 1 is 0.386 bits per heavy atom. The summed E-state index contributed by atoms with van der Waals surface area (Å²) < 4.78 is 84.9. The summed E-state index contributed by atoms with van der Waals surface area (Å²) >= 11 is 3.05. The van der Waals surface area contributed by atoms with Crippen LogP contribution >= 0.6 is 22.7 Å². The van der Waals surface area contributed by atoms with Crippen LogP contribution in [0.5, 0.6) is 0 Å². The van der Waals surface area contributed by atoms with Crippen molar-refractivity contribution in [2.24, 2.45) is 0 Å². The molecule has 57 heavy (non-hydrogen) atoms. The van der Waals surface area contributed by atoms with Crippen molar-refractivity contribution in [1.29, 1.82) is 0 Å². The maximum atomic E-state index is 14.5. The largest absolute Gasteiger partial charge is 0.204 e. The minimum Gasteiger partial charge on any atom is -0.204 e. The van der Waals surface area contributed by atoms with E-state index in [4.69, 9.17) is 0 Å². The Labute approximate surface area is 340 Å². The third kappa shape index (κ3) is 8.68. The van der Waals surface area contributed by atoms with Crippen LogP contribution in [0.15, 0.2) is 84.9 Å². The first-order valence-corrected chi connectivity index (χ1v) is 22.1. The van der Waals surface area contributed by atoms with E-state index in [1.807, 2.05) is 12.1 Å². The van der Waals surface area contributed by atoms with Crippen molar-refractivity contribution >= 4 is 22.7 Å². The van der Waals surface area contributed by atoms with Gasteiger partial charge in [-0.15, -0.1) is 22.7 Å². The quantitative estimate of drug-likeness (QED) is 0.0461. The van der Waals surface area contributed by atoms with Crippen LogP contribution in [0.4, 0.5) is 26.3 Å². The Bertz CT molecular complexity index is 2270. The molecule has 8 heteroatoms. The summed E-state index contributed by atoms with van der Waals surface area (Å²) in [5.74, 6) is -7.76. The van der Waals surface area contributed by atoms with Crippen molar-refractivity contribution in [3.63, 3.8) is 0 Å². The highest BCUT2D eigenvalue weighted by Gasteiger charge is 2.42. The lowest BCUT2D eigenvalue weighted by molar-refractivity contribution is 0.398. The predicted molar refractivity (Wildman–Crippen MR) is 226 cm³/mol. The van der Waals surface area contributed by atoms with E-state index in [1.54, 1.807) is 17.4 Å². The first kappa shape index (κ1) is 41.0. The summed E-state index contributed by atoms with van der Waals surface area (Å²) in [5.41, 5.74) is 6.81. The van der Waals surface area contributed by atoms with Crippen LogP contribution in [0.3, 0.4) is 0 Å². The van der Waals surface area contributed by atoms with Gasteiger partial charge in [-0.05, 0) is 118 Å². The number of thiophene rings is 2. The van der Waals surface area contributed by atoms with Crippen LogP contribution in [0.25, 0.3) is 52.9 Å². The average molecular weight is 815 g/mol. The lowest BCUT2D eigenvalue weighted by Gasteiger charge is -2.33. The molecular weight excluding hydrogens is 767 g/mol. The predicted octanol–water partition coefficient (Wildman–Crippen LogP) is 17.1. The molecule has 1 aliphatic rings. The van der Waals surface area contributed by atoms with Crippen LogP contribution in [0, 0.1) is 34.9 Å². The Hall–Kier alpha value is -4.14. The number of halogens is 6.